The number of hydrogen-bond acceptors (Lipinski definition) is 2. The smallest absolute Gasteiger partial charge is 0.222 e. The van der Waals surface area contributed by atoms with Gasteiger partial charge in [0.1, 0.15) is 0 Å². The molecule has 1 aliphatic heterocycles. The third-order valence-electron chi connectivity index (χ3n) is 3.33. The molecular weight excluding hydrogens is 212 g/mol. The van der Waals surface area contributed by atoms with Crippen molar-refractivity contribution in [3.05, 3.63) is 12.7 Å². The summed E-state index contributed by atoms with van der Waals surface area (Å²) in [6.45, 7) is 8.85. The largest absolute Gasteiger partial charge is 0.340 e. The fraction of sp³-hybridized carbons (Fsp3) is 0.786. The first kappa shape index (κ1) is 14.2. The third-order valence-corrected chi connectivity index (χ3v) is 3.33. The van der Waals surface area contributed by atoms with Crippen molar-refractivity contribution < 1.29 is 4.79 Å². The Morgan fingerprint density at radius 2 is 2.18 bits per heavy atom. The molecule has 1 saturated heterocycles. The molecule has 0 saturated carbocycles. The summed E-state index contributed by atoms with van der Waals surface area (Å²) >= 11 is 0. The van der Waals surface area contributed by atoms with Gasteiger partial charge >= 0.3 is 0 Å². The van der Waals surface area contributed by atoms with Crippen molar-refractivity contribution in [1.82, 2.24) is 10.2 Å². The number of rotatable bonds is 7. The van der Waals surface area contributed by atoms with Crippen LogP contribution in [0.3, 0.4) is 0 Å². The Bertz CT molecular complexity index is 234. The maximum Gasteiger partial charge on any atom is 0.222 e. The van der Waals surface area contributed by atoms with Crippen LogP contribution in [0, 0.1) is 0 Å². The molecule has 0 aromatic rings. The van der Waals surface area contributed by atoms with E-state index in [0.29, 0.717) is 18.4 Å². The van der Waals surface area contributed by atoms with E-state index in [0.717, 1.165) is 51.7 Å². The zero-order valence-corrected chi connectivity index (χ0v) is 11.1. The van der Waals surface area contributed by atoms with Crippen molar-refractivity contribution >= 4 is 5.91 Å². The average molecular weight is 238 g/mol. The molecule has 0 radical (unpaired) electrons. The summed E-state index contributed by atoms with van der Waals surface area (Å²) in [5.74, 6) is 0.334. The summed E-state index contributed by atoms with van der Waals surface area (Å²) in [5, 5.41) is 3.35. The highest BCUT2D eigenvalue weighted by molar-refractivity contribution is 5.76. The van der Waals surface area contributed by atoms with E-state index < -0.39 is 0 Å². The molecule has 0 bridgehead atoms. The highest BCUT2D eigenvalue weighted by atomic mass is 16.2. The molecule has 1 fully saturated rings. The monoisotopic (exact) mass is 238 g/mol. The first-order valence-electron chi connectivity index (χ1n) is 6.90. The maximum absolute atomic E-state index is 12.2. The van der Waals surface area contributed by atoms with E-state index in [-0.39, 0.29) is 0 Å². The van der Waals surface area contributed by atoms with E-state index in [1.54, 1.807) is 0 Å². The number of nitrogens with zero attached hydrogens (tertiary/aromatic N) is 1. The minimum Gasteiger partial charge on any atom is -0.340 e. The number of hydrogen-bond donors (Lipinski definition) is 1. The Morgan fingerprint density at radius 3 is 2.76 bits per heavy atom. The first-order chi connectivity index (χ1) is 8.29. The van der Waals surface area contributed by atoms with Gasteiger partial charge in [-0.15, -0.1) is 6.58 Å². The summed E-state index contributed by atoms with van der Waals surface area (Å²) < 4.78 is 0. The molecule has 1 N–H and O–H groups in total. The van der Waals surface area contributed by atoms with Gasteiger partial charge in [0.05, 0.1) is 0 Å². The molecule has 0 unspecified atom stereocenters. The number of nitrogens with one attached hydrogen (secondary N) is 1. The Labute approximate surface area is 105 Å². The lowest BCUT2D eigenvalue weighted by Gasteiger charge is -2.34. The lowest BCUT2D eigenvalue weighted by Crippen LogP contribution is -2.46. The lowest BCUT2D eigenvalue weighted by molar-refractivity contribution is -0.134. The maximum atomic E-state index is 12.2. The van der Waals surface area contributed by atoms with Crippen LogP contribution in [0.25, 0.3) is 0 Å². The van der Waals surface area contributed by atoms with E-state index in [2.05, 4.69) is 23.7 Å². The van der Waals surface area contributed by atoms with E-state index in [1.807, 2.05) is 6.08 Å². The molecule has 0 spiro atoms. The number of amides is 1. The lowest BCUT2D eigenvalue weighted by atomic mass is 10.0. The van der Waals surface area contributed by atoms with Gasteiger partial charge in [0.25, 0.3) is 0 Å². The van der Waals surface area contributed by atoms with Crippen molar-refractivity contribution in [2.75, 3.05) is 19.6 Å². The van der Waals surface area contributed by atoms with Crippen LogP contribution in [0.2, 0.25) is 0 Å². The molecule has 3 heteroatoms. The second kappa shape index (κ2) is 8.29. The Morgan fingerprint density at radius 1 is 1.47 bits per heavy atom. The van der Waals surface area contributed by atoms with Crippen LogP contribution in [0.1, 0.15) is 45.4 Å². The predicted molar refractivity (Wildman–Crippen MR) is 71.9 cm³/mol. The fourth-order valence-corrected chi connectivity index (χ4v) is 2.41. The van der Waals surface area contributed by atoms with E-state index in [9.17, 15) is 4.79 Å². The Hall–Kier alpha value is -0.830. The van der Waals surface area contributed by atoms with Gasteiger partial charge in [-0.1, -0.05) is 13.0 Å². The molecular formula is C14H26N2O. The molecule has 1 rings (SSSR count). The molecule has 0 aromatic heterocycles. The average Bonchev–Trinajstić information content (AvgIpc) is 2.37. The summed E-state index contributed by atoms with van der Waals surface area (Å²) in [5.41, 5.74) is 0. The normalized spacial score (nSPS) is 16.8. The van der Waals surface area contributed by atoms with Gasteiger partial charge in [-0.2, -0.15) is 0 Å². The number of carbonyl (C=O) groups excluding carboxylic acids is 1. The minimum absolute atomic E-state index is 0.334. The molecule has 17 heavy (non-hydrogen) atoms. The van der Waals surface area contributed by atoms with Crippen molar-refractivity contribution in [2.45, 2.75) is 51.5 Å². The second-order valence-electron chi connectivity index (χ2n) is 4.75. The first-order valence-corrected chi connectivity index (χ1v) is 6.90. The summed E-state index contributed by atoms with van der Waals surface area (Å²) in [6.07, 6.45) is 7.71. The van der Waals surface area contributed by atoms with Gasteiger partial charge < -0.3 is 10.2 Å². The van der Waals surface area contributed by atoms with Crippen molar-refractivity contribution in [1.29, 1.82) is 0 Å². The molecule has 1 heterocycles. The van der Waals surface area contributed by atoms with Crippen LogP contribution < -0.4 is 5.32 Å². The zero-order chi connectivity index (χ0) is 12.5. The van der Waals surface area contributed by atoms with Crippen LogP contribution in [-0.4, -0.2) is 36.5 Å². The highest BCUT2D eigenvalue weighted by Gasteiger charge is 2.23. The van der Waals surface area contributed by atoms with Crippen LogP contribution in [0.4, 0.5) is 0 Å². The fourth-order valence-electron chi connectivity index (χ4n) is 2.41. The van der Waals surface area contributed by atoms with E-state index >= 15 is 0 Å². The standard InChI is InChI=1S/C14H26N2O/c1-3-5-6-7-14(17)16(12-4-2)13-8-10-15-11-9-13/h3,13,15H,1,4-12H2,2H3. The predicted octanol–water partition coefficient (Wildman–Crippen LogP) is 2.33. The summed E-state index contributed by atoms with van der Waals surface area (Å²) in [7, 11) is 0. The second-order valence-corrected chi connectivity index (χ2v) is 4.75. The third kappa shape index (κ3) is 4.90. The molecule has 0 atom stereocenters. The van der Waals surface area contributed by atoms with Gasteiger partial charge in [0.2, 0.25) is 5.91 Å². The van der Waals surface area contributed by atoms with Crippen LogP contribution in [0.5, 0.6) is 0 Å². The number of allylic oxidation sites excluding steroid dienone is 1. The van der Waals surface area contributed by atoms with E-state index in [1.165, 1.54) is 0 Å². The topological polar surface area (TPSA) is 32.3 Å². The van der Waals surface area contributed by atoms with Crippen LogP contribution in [0.15, 0.2) is 12.7 Å². The molecule has 0 aliphatic carbocycles. The number of unbranched alkanes of at least 4 members (excludes halogenated alkanes) is 1. The van der Waals surface area contributed by atoms with Crippen LogP contribution >= 0.6 is 0 Å². The highest BCUT2D eigenvalue weighted by Crippen LogP contribution is 2.14. The van der Waals surface area contributed by atoms with E-state index in [4.69, 9.17) is 0 Å². The van der Waals surface area contributed by atoms with Crippen molar-refractivity contribution in [3.8, 4) is 0 Å². The quantitative estimate of drug-likeness (QED) is 0.545. The van der Waals surface area contributed by atoms with Crippen molar-refractivity contribution in [2.24, 2.45) is 0 Å². The van der Waals surface area contributed by atoms with Gasteiger partial charge in [-0.3, -0.25) is 4.79 Å². The molecule has 0 aromatic carbocycles. The van der Waals surface area contributed by atoms with Gasteiger partial charge in [0, 0.05) is 19.0 Å². The zero-order valence-electron chi connectivity index (χ0n) is 11.1. The SMILES string of the molecule is C=CCCCC(=O)N(CCC)C1CCNCC1. The Balaban J connectivity index is 2.44. The van der Waals surface area contributed by atoms with Gasteiger partial charge in [-0.25, -0.2) is 0 Å². The molecule has 1 aliphatic rings. The summed E-state index contributed by atoms with van der Waals surface area (Å²) in [4.78, 5) is 14.3. The summed E-state index contributed by atoms with van der Waals surface area (Å²) in [6, 6.07) is 0.465. The minimum atomic E-state index is 0.334. The van der Waals surface area contributed by atoms with Gasteiger partial charge in [-0.05, 0) is 45.2 Å². The van der Waals surface area contributed by atoms with Crippen LogP contribution in [-0.2, 0) is 4.79 Å². The van der Waals surface area contributed by atoms with Crippen molar-refractivity contribution in [3.63, 3.8) is 0 Å². The number of carbonyl (C=O) groups is 1. The van der Waals surface area contributed by atoms with Gasteiger partial charge in [0.15, 0.2) is 0 Å². The Kier molecular flexibility index (Phi) is 6.94. The molecule has 1 amide bonds. The molecule has 98 valence electrons. The molecule has 3 nitrogen and oxygen atoms in total. The number of piperidine rings is 1.